The van der Waals surface area contributed by atoms with E-state index >= 15 is 0 Å². The van der Waals surface area contributed by atoms with Crippen LogP contribution in [0.2, 0.25) is 0 Å². The van der Waals surface area contributed by atoms with Crippen LogP contribution in [0.25, 0.3) is 0 Å². The SMILES string of the molecule is CC1(C)[C@H](/C=C(\Cl)C(F)F)[C@@H]1C(=O)Cc1cc[nH]c1. The highest BCUT2D eigenvalue weighted by Gasteiger charge is 2.59. The molecule has 1 aromatic heterocycles. The van der Waals surface area contributed by atoms with Crippen molar-refractivity contribution in [3.8, 4) is 0 Å². The zero-order valence-electron chi connectivity index (χ0n) is 10.8. The molecule has 1 heterocycles. The molecule has 0 saturated heterocycles. The number of alkyl halides is 2. The van der Waals surface area contributed by atoms with Gasteiger partial charge in [0.05, 0.1) is 5.03 Å². The Kier molecular flexibility index (Phi) is 3.81. The van der Waals surface area contributed by atoms with E-state index in [0.29, 0.717) is 6.42 Å². The predicted octanol–water partition coefficient (Wildman–Crippen LogP) is 3.79. The molecule has 0 unspecified atom stereocenters. The molecule has 1 N–H and O–H groups in total. The van der Waals surface area contributed by atoms with Gasteiger partial charge in [0, 0.05) is 24.7 Å². The number of carbonyl (C=O) groups excluding carboxylic acids is 1. The lowest BCUT2D eigenvalue weighted by molar-refractivity contribution is -0.120. The highest BCUT2D eigenvalue weighted by atomic mass is 35.5. The number of rotatable bonds is 5. The molecule has 104 valence electrons. The molecule has 0 bridgehead atoms. The van der Waals surface area contributed by atoms with E-state index in [4.69, 9.17) is 11.6 Å². The first kappa shape index (κ1) is 14.3. The van der Waals surface area contributed by atoms with Crippen LogP contribution in [0.1, 0.15) is 19.4 Å². The van der Waals surface area contributed by atoms with E-state index in [2.05, 4.69) is 4.98 Å². The number of aromatic nitrogens is 1. The highest BCUT2D eigenvalue weighted by Crippen LogP contribution is 2.60. The maximum atomic E-state index is 12.4. The normalized spacial score (nSPS) is 25.7. The van der Waals surface area contributed by atoms with Crippen LogP contribution >= 0.6 is 11.6 Å². The van der Waals surface area contributed by atoms with E-state index in [9.17, 15) is 13.6 Å². The van der Waals surface area contributed by atoms with Crippen LogP contribution in [-0.2, 0) is 11.2 Å². The third-order valence-corrected chi connectivity index (χ3v) is 4.14. The molecule has 0 radical (unpaired) electrons. The summed E-state index contributed by atoms with van der Waals surface area (Å²) >= 11 is 5.49. The number of carbonyl (C=O) groups is 1. The topological polar surface area (TPSA) is 32.9 Å². The second-order valence-electron chi connectivity index (χ2n) is 5.54. The minimum Gasteiger partial charge on any atom is -0.367 e. The summed E-state index contributed by atoms with van der Waals surface area (Å²) in [6.07, 6.45) is 2.52. The van der Waals surface area contributed by atoms with E-state index < -0.39 is 11.5 Å². The fourth-order valence-electron chi connectivity index (χ4n) is 2.63. The molecule has 19 heavy (non-hydrogen) atoms. The maximum absolute atomic E-state index is 12.4. The molecule has 1 aromatic rings. The first-order valence-electron chi connectivity index (χ1n) is 6.13. The van der Waals surface area contributed by atoms with E-state index in [0.717, 1.165) is 5.56 Å². The van der Waals surface area contributed by atoms with Crippen LogP contribution in [-0.4, -0.2) is 17.2 Å². The second-order valence-corrected chi connectivity index (χ2v) is 5.98. The average Bonchev–Trinajstić information content (AvgIpc) is 2.67. The number of H-pyrrole nitrogens is 1. The van der Waals surface area contributed by atoms with Crippen LogP contribution in [0, 0.1) is 17.3 Å². The first-order valence-corrected chi connectivity index (χ1v) is 6.51. The predicted molar refractivity (Wildman–Crippen MR) is 70.2 cm³/mol. The van der Waals surface area contributed by atoms with Crippen molar-refractivity contribution in [1.82, 2.24) is 4.98 Å². The molecule has 1 aliphatic rings. The largest absolute Gasteiger partial charge is 0.367 e. The van der Waals surface area contributed by atoms with Crippen molar-refractivity contribution < 1.29 is 13.6 Å². The van der Waals surface area contributed by atoms with Crippen molar-refractivity contribution in [3.05, 3.63) is 35.1 Å². The fourth-order valence-corrected chi connectivity index (χ4v) is 2.76. The zero-order chi connectivity index (χ0) is 14.2. The number of hydrogen-bond acceptors (Lipinski definition) is 1. The quantitative estimate of drug-likeness (QED) is 0.878. The van der Waals surface area contributed by atoms with Crippen molar-refractivity contribution in [3.63, 3.8) is 0 Å². The van der Waals surface area contributed by atoms with Gasteiger partial charge < -0.3 is 4.98 Å². The summed E-state index contributed by atoms with van der Waals surface area (Å²) in [7, 11) is 0. The number of nitrogens with one attached hydrogen (secondary N) is 1. The molecule has 0 amide bonds. The Bertz CT molecular complexity index is 494. The van der Waals surface area contributed by atoms with Gasteiger partial charge in [-0.2, -0.15) is 0 Å². The number of halogens is 3. The zero-order valence-corrected chi connectivity index (χ0v) is 11.5. The Labute approximate surface area is 115 Å². The van der Waals surface area contributed by atoms with Crippen molar-refractivity contribution in [1.29, 1.82) is 0 Å². The summed E-state index contributed by atoms with van der Waals surface area (Å²) in [5, 5.41) is -0.463. The van der Waals surface area contributed by atoms with Gasteiger partial charge in [-0.3, -0.25) is 4.79 Å². The number of allylic oxidation sites excluding steroid dienone is 2. The Morgan fingerprint density at radius 1 is 1.58 bits per heavy atom. The number of aromatic amines is 1. The third kappa shape index (κ3) is 2.89. The van der Waals surface area contributed by atoms with Gasteiger partial charge >= 0.3 is 0 Å². The lowest BCUT2D eigenvalue weighted by Crippen LogP contribution is -2.08. The number of ketones is 1. The van der Waals surface area contributed by atoms with E-state index in [-0.39, 0.29) is 23.0 Å². The molecular formula is C14H16ClF2NO. The van der Waals surface area contributed by atoms with Gasteiger partial charge in [-0.15, -0.1) is 0 Å². The van der Waals surface area contributed by atoms with E-state index in [1.165, 1.54) is 6.08 Å². The molecule has 1 fully saturated rings. The van der Waals surface area contributed by atoms with Crippen molar-refractivity contribution in [2.45, 2.75) is 26.7 Å². The van der Waals surface area contributed by atoms with Crippen LogP contribution in [0.3, 0.4) is 0 Å². The van der Waals surface area contributed by atoms with Crippen molar-refractivity contribution in [2.75, 3.05) is 0 Å². The maximum Gasteiger partial charge on any atom is 0.273 e. The molecule has 5 heteroatoms. The summed E-state index contributed by atoms with van der Waals surface area (Å²) in [4.78, 5) is 15.1. The molecule has 1 saturated carbocycles. The molecule has 1 aliphatic carbocycles. The van der Waals surface area contributed by atoms with Gasteiger partial charge in [0.25, 0.3) is 6.43 Å². The number of hydrogen-bond donors (Lipinski definition) is 1. The monoisotopic (exact) mass is 287 g/mol. The Balaban J connectivity index is 2.05. The molecule has 0 aromatic carbocycles. The standard InChI is InChI=1S/C14H16ClF2NO/c1-14(2)9(6-10(15)13(16)17)12(14)11(19)5-8-3-4-18-7-8/h3-4,6-7,9,12-13,18H,5H2,1-2H3/b10-6-/t9-,12-/m1/s1. The summed E-state index contributed by atoms with van der Waals surface area (Å²) in [6.45, 7) is 3.81. The molecule has 2 atom stereocenters. The van der Waals surface area contributed by atoms with Gasteiger partial charge in [0.15, 0.2) is 0 Å². The Morgan fingerprint density at radius 2 is 2.26 bits per heavy atom. The third-order valence-electron chi connectivity index (χ3n) is 3.85. The van der Waals surface area contributed by atoms with Gasteiger partial charge in [-0.05, 0) is 23.0 Å². The van der Waals surface area contributed by atoms with Crippen LogP contribution in [0.15, 0.2) is 29.6 Å². The first-order chi connectivity index (χ1) is 8.84. The van der Waals surface area contributed by atoms with Gasteiger partial charge in [0.1, 0.15) is 5.78 Å². The molecular weight excluding hydrogens is 272 g/mol. The smallest absolute Gasteiger partial charge is 0.273 e. The Hall–Kier alpha value is -1.16. The highest BCUT2D eigenvalue weighted by molar-refractivity contribution is 6.30. The van der Waals surface area contributed by atoms with Crippen LogP contribution < -0.4 is 0 Å². The van der Waals surface area contributed by atoms with Gasteiger partial charge in [-0.25, -0.2) is 8.78 Å². The molecule has 0 aliphatic heterocycles. The van der Waals surface area contributed by atoms with Gasteiger partial charge in [0.2, 0.25) is 0 Å². The minimum absolute atomic E-state index is 0.0737. The van der Waals surface area contributed by atoms with Crippen LogP contribution in [0.4, 0.5) is 8.78 Å². The van der Waals surface area contributed by atoms with Gasteiger partial charge in [-0.1, -0.05) is 31.5 Å². The van der Waals surface area contributed by atoms with E-state index in [1.807, 2.05) is 19.9 Å². The Morgan fingerprint density at radius 3 is 2.79 bits per heavy atom. The van der Waals surface area contributed by atoms with Crippen LogP contribution in [0.5, 0.6) is 0 Å². The summed E-state index contributed by atoms with van der Waals surface area (Å²) in [6, 6.07) is 1.84. The fraction of sp³-hybridized carbons (Fsp3) is 0.500. The second kappa shape index (κ2) is 5.08. The number of Topliss-reactive ketones (excluding diaryl/α,β-unsaturated/α-hetero) is 1. The van der Waals surface area contributed by atoms with Crippen molar-refractivity contribution >= 4 is 17.4 Å². The summed E-state index contributed by atoms with van der Waals surface area (Å²) in [5.74, 6) is -0.347. The van der Waals surface area contributed by atoms with Crippen molar-refractivity contribution in [2.24, 2.45) is 17.3 Å². The lowest BCUT2D eigenvalue weighted by Gasteiger charge is -2.00. The summed E-state index contributed by atoms with van der Waals surface area (Å²) in [5.41, 5.74) is 0.623. The van der Waals surface area contributed by atoms with E-state index in [1.54, 1.807) is 12.4 Å². The molecule has 2 rings (SSSR count). The molecule has 2 nitrogen and oxygen atoms in total. The lowest BCUT2D eigenvalue weighted by atomic mass is 10.0. The summed E-state index contributed by atoms with van der Waals surface area (Å²) < 4.78 is 24.8. The molecule has 0 spiro atoms. The average molecular weight is 288 g/mol. The minimum atomic E-state index is -2.67.